The maximum Gasteiger partial charge on any atom is 0.359 e. The Morgan fingerprint density at radius 1 is 1.08 bits per heavy atom. The first-order valence-corrected chi connectivity index (χ1v) is 11.8. The topological polar surface area (TPSA) is 103 Å². The van der Waals surface area contributed by atoms with Crippen molar-refractivity contribution in [1.82, 2.24) is 19.8 Å². The van der Waals surface area contributed by atoms with Crippen molar-refractivity contribution >= 4 is 17.8 Å². The molecule has 1 aliphatic heterocycles. The van der Waals surface area contributed by atoms with Crippen LogP contribution in [0.25, 0.3) is 0 Å². The first kappa shape index (κ1) is 25.0. The molecule has 1 atom stereocenters. The monoisotopic (exact) mass is 490 g/mol. The highest BCUT2D eigenvalue weighted by Crippen LogP contribution is 2.31. The highest BCUT2D eigenvalue weighted by atomic mass is 16.5. The van der Waals surface area contributed by atoms with E-state index >= 15 is 0 Å². The second-order valence-electron chi connectivity index (χ2n) is 9.21. The summed E-state index contributed by atoms with van der Waals surface area (Å²) in [5.41, 5.74) is 0.559. The molecule has 0 fully saturated rings. The van der Waals surface area contributed by atoms with Gasteiger partial charge < -0.3 is 24.3 Å². The number of nitrogens with zero attached hydrogens (tertiary/aromatic N) is 3. The molecule has 0 spiro atoms. The zero-order valence-corrected chi connectivity index (χ0v) is 20.9. The number of ether oxygens (including phenoxy) is 2. The molecule has 2 heterocycles. The molecule has 36 heavy (non-hydrogen) atoms. The lowest BCUT2D eigenvalue weighted by Gasteiger charge is -2.43. The highest BCUT2D eigenvalue weighted by molar-refractivity contribution is 6.06. The lowest BCUT2D eigenvalue weighted by molar-refractivity contribution is -0.133. The lowest BCUT2D eigenvalue weighted by Crippen LogP contribution is -2.63. The van der Waals surface area contributed by atoms with Crippen molar-refractivity contribution in [2.24, 2.45) is 0 Å². The van der Waals surface area contributed by atoms with Gasteiger partial charge in [0.05, 0.1) is 26.1 Å². The minimum absolute atomic E-state index is 0.0353. The molecule has 1 unspecified atom stereocenters. The van der Waals surface area contributed by atoms with E-state index in [2.05, 4.69) is 10.3 Å². The van der Waals surface area contributed by atoms with E-state index in [4.69, 9.17) is 9.47 Å². The van der Waals surface area contributed by atoms with Gasteiger partial charge in [0.1, 0.15) is 17.0 Å². The van der Waals surface area contributed by atoms with Gasteiger partial charge in [-0.05, 0) is 44.0 Å². The van der Waals surface area contributed by atoms with E-state index in [1.807, 2.05) is 68.4 Å². The van der Waals surface area contributed by atoms with Gasteiger partial charge in [-0.15, -0.1) is 0 Å². The molecular weight excluding hydrogens is 460 g/mol. The Bertz CT molecular complexity index is 1250. The maximum absolute atomic E-state index is 13.8. The standard InChI is InChI=1S/C27H30N4O5/c1-18(2)36-21-12-10-20(11-13-21)15-31-24(32)23-22(25(33)35-4)29-17-30(23)16-27(31,3)26(34)28-14-19-8-6-5-7-9-19/h5-13,17-18H,14-16H2,1-4H3,(H,28,34). The summed E-state index contributed by atoms with van der Waals surface area (Å²) in [5.74, 6) is -0.769. The fourth-order valence-corrected chi connectivity index (χ4v) is 4.28. The van der Waals surface area contributed by atoms with Crippen LogP contribution in [0, 0.1) is 0 Å². The third kappa shape index (κ3) is 4.95. The van der Waals surface area contributed by atoms with Crippen molar-refractivity contribution in [3.05, 3.63) is 83.4 Å². The second kappa shape index (κ2) is 10.2. The summed E-state index contributed by atoms with van der Waals surface area (Å²) in [7, 11) is 1.24. The smallest absolute Gasteiger partial charge is 0.359 e. The number of methoxy groups -OCH3 is 1. The summed E-state index contributed by atoms with van der Waals surface area (Å²) < 4.78 is 12.1. The van der Waals surface area contributed by atoms with E-state index in [1.54, 1.807) is 11.5 Å². The molecule has 1 aromatic heterocycles. The number of hydrogen-bond acceptors (Lipinski definition) is 6. The van der Waals surface area contributed by atoms with Crippen molar-refractivity contribution in [2.45, 2.75) is 52.0 Å². The zero-order valence-electron chi connectivity index (χ0n) is 20.9. The predicted octanol–water partition coefficient (Wildman–Crippen LogP) is 3.19. The molecule has 0 saturated carbocycles. The van der Waals surface area contributed by atoms with Crippen LogP contribution < -0.4 is 10.1 Å². The largest absolute Gasteiger partial charge is 0.491 e. The van der Waals surface area contributed by atoms with Crippen molar-refractivity contribution in [2.75, 3.05) is 7.11 Å². The van der Waals surface area contributed by atoms with E-state index in [0.29, 0.717) is 12.3 Å². The van der Waals surface area contributed by atoms with Gasteiger partial charge in [-0.25, -0.2) is 9.78 Å². The van der Waals surface area contributed by atoms with Gasteiger partial charge in [0.15, 0.2) is 5.69 Å². The third-order valence-electron chi connectivity index (χ3n) is 6.16. The number of fused-ring (bicyclic) bond motifs is 1. The van der Waals surface area contributed by atoms with E-state index in [1.165, 1.54) is 18.3 Å². The number of esters is 1. The summed E-state index contributed by atoms with van der Waals surface area (Å²) >= 11 is 0. The zero-order chi connectivity index (χ0) is 25.9. The van der Waals surface area contributed by atoms with Gasteiger partial charge in [0.2, 0.25) is 5.91 Å². The van der Waals surface area contributed by atoms with Crippen LogP contribution in [0.2, 0.25) is 0 Å². The van der Waals surface area contributed by atoms with Crippen LogP contribution in [0.1, 0.15) is 52.9 Å². The van der Waals surface area contributed by atoms with E-state index < -0.39 is 17.4 Å². The number of imidazole rings is 1. The molecule has 188 valence electrons. The third-order valence-corrected chi connectivity index (χ3v) is 6.16. The average Bonchev–Trinajstić information content (AvgIpc) is 3.29. The van der Waals surface area contributed by atoms with Crippen LogP contribution >= 0.6 is 0 Å². The molecule has 0 radical (unpaired) electrons. The number of carbonyl (C=O) groups excluding carboxylic acids is 3. The van der Waals surface area contributed by atoms with Gasteiger partial charge in [-0.3, -0.25) is 9.59 Å². The Hall–Kier alpha value is -4.14. The normalized spacial score (nSPS) is 17.0. The summed E-state index contributed by atoms with van der Waals surface area (Å²) in [6, 6.07) is 16.9. The summed E-state index contributed by atoms with van der Waals surface area (Å²) in [6.45, 7) is 6.23. The Kier molecular flexibility index (Phi) is 7.10. The Morgan fingerprint density at radius 3 is 2.42 bits per heavy atom. The summed E-state index contributed by atoms with van der Waals surface area (Å²) in [6.07, 6.45) is 1.44. The van der Waals surface area contributed by atoms with Crippen LogP contribution in [0.15, 0.2) is 60.9 Å². The number of carbonyl (C=O) groups is 3. The van der Waals surface area contributed by atoms with Crippen molar-refractivity contribution < 1.29 is 23.9 Å². The van der Waals surface area contributed by atoms with Crippen LogP contribution in [0.3, 0.4) is 0 Å². The fourth-order valence-electron chi connectivity index (χ4n) is 4.28. The molecule has 1 N–H and O–H groups in total. The Morgan fingerprint density at radius 2 is 1.78 bits per heavy atom. The maximum atomic E-state index is 13.8. The number of aromatic nitrogens is 2. The van der Waals surface area contributed by atoms with Crippen LogP contribution in [-0.2, 0) is 29.2 Å². The van der Waals surface area contributed by atoms with Gasteiger partial charge in [-0.1, -0.05) is 42.5 Å². The molecular formula is C27H30N4O5. The van der Waals surface area contributed by atoms with Crippen LogP contribution in [0.5, 0.6) is 5.75 Å². The first-order chi connectivity index (χ1) is 17.2. The van der Waals surface area contributed by atoms with Crippen LogP contribution in [-0.4, -0.2) is 51.0 Å². The quantitative estimate of drug-likeness (QED) is 0.487. The number of hydrogen-bond donors (Lipinski definition) is 1. The molecule has 9 nitrogen and oxygen atoms in total. The highest BCUT2D eigenvalue weighted by Gasteiger charge is 2.48. The number of rotatable bonds is 8. The number of benzene rings is 2. The minimum Gasteiger partial charge on any atom is -0.491 e. The predicted molar refractivity (Wildman–Crippen MR) is 132 cm³/mol. The summed E-state index contributed by atoms with van der Waals surface area (Å²) in [4.78, 5) is 45.2. The Balaban J connectivity index is 1.66. The van der Waals surface area contributed by atoms with E-state index in [-0.39, 0.29) is 36.5 Å². The molecule has 4 rings (SSSR count). The SMILES string of the molecule is COC(=O)c1ncn2c1C(=O)N(Cc1ccc(OC(C)C)cc1)C(C)(C(=O)NCc1ccccc1)C2. The number of amides is 2. The number of nitrogens with one attached hydrogen (secondary N) is 1. The van der Waals surface area contributed by atoms with Gasteiger partial charge in [0.25, 0.3) is 5.91 Å². The Labute approximate surface area is 210 Å². The molecule has 0 saturated heterocycles. The molecule has 0 bridgehead atoms. The average molecular weight is 491 g/mol. The lowest BCUT2D eigenvalue weighted by atomic mass is 9.93. The van der Waals surface area contributed by atoms with Gasteiger partial charge >= 0.3 is 5.97 Å². The molecule has 2 aromatic carbocycles. The van der Waals surface area contributed by atoms with E-state index in [9.17, 15) is 14.4 Å². The van der Waals surface area contributed by atoms with Gasteiger partial charge in [-0.2, -0.15) is 0 Å². The molecule has 3 aromatic rings. The fraction of sp³-hybridized carbons (Fsp3) is 0.333. The van der Waals surface area contributed by atoms with Gasteiger partial charge in [0, 0.05) is 13.1 Å². The molecule has 0 aliphatic carbocycles. The minimum atomic E-state index is -1.24. The van der Waals surface area contributed by atoms with E-state index in [0.717, 1.165) is 11.1 Å². The van der Waals surface area contributed by atoms with Crippen molar-refractivity contribution in [3.8, 4) is 5.75 Å². The second-order valence-corrected chi connectivity index (χ2v) is 9.21. The molecule has 1 aliphatic rings. The summed E-state index contributed by atoms with van der Waals surface area (Å²) in [5, 5.41) is 2.97. The molecule has 9 heteroatoms. The van der Waals surface area contributed by atoms with Crippen molar-refractivity contribution in [1.29, 1.82) is 0 Å². The van der Waals surface area contributed by atoms with Crippen LogP contribution in [0.4, 0.5) is 0 Å². The van der Waals surface area contributed by atoms with Crippen molar-refractivity contribution in [3.63, 3.8) is 0 Å². The first-order valence-electron chi connectivity index (χ1n) is 11.8. The molecule has 2 amide bonds.